The first-order valence-corrected chi connectivity index (χ1v) is 12.8. The maximum absolute atomic E-state index is 12.7. The largest absolute Gasteiger partial charge is 0.343 e. The highest BCUT2D eigenvalue weighted by Gasteiger charge is 2.58. The fourth-order valence-electron chi connectivity index (χ4n) is 6.07. The molecule has 0 radical (unpaired) electrons. The summed E-state index contributed by atoms with van der Waals surface area (Å²) in [5.74, 6) is 1.45. The Balaban J connectivity index is 1.06. The predicted molar refractivity (Wildman–Crippen MR) is 121 cm³/mol. The van der Waals surface area contributed by atoms with Crippen LogP contribution >= 0.6 is 11.8 Å². The van der Waals surface area contributed by atoms with Crippen LogP contribution in [0.4, 0.5) is 5.69 Å². The summed E-state index contributed by atoms with van der Waals surface area (Å²) in [7, 11) is 0. The van der Waals surface area contributed by atoms with Crippen molar-refractivity contribution in [3.63, 3.8) is 0 Å². The van der Waals surface area contributed by atoms with Crippen LogP contribution in [0.2, 0.25) is 0 Å². The van der Waals surface area contributed by atoms with Gasteiger partial charge >= 0.3 is 0 Å². The molecule has 3 unspecified atom stereocenters. The van der Waals surface area contributed by atoms with Crippen LogP contribution in [0.3, 0.4) is 0 Å². The molecule has 3 atom stereocenters. The van der Waals surface area contributed by atoms with Crippen molar-refractivity contribution in [3.8, 4) is 0 Å². The summed E-state index contributed by atoms with van der Waals surface area (Å²) >= 11 is 1.70. The van der Waals surface area contributed by atoms with E-state index in [1.54, 1.807) is 11.8 Å². The summed E-state index contributed by atoms with van der Waals surface area (Å²) in [6, 6.07) is 8.79. The van der Waals surface area contributed by atoms with Crippen molar-refractivity contribution in [1.29, 1.82) is 0 Å². The minimum absolute atomic E-state index is 0.107. The zero-order chi connectivity index (χ0) is 20.7. The van der Waals surface area contributed by atoms with Gasteiger partial charge in [-0.25, -0.2) is 0 Å². The molecule has 6 heteroatoms. The Labute approximate surface area is 183 Å². The molecular weight excluding hydrogens is 394 g/mol. The van der Waals surface area contributed by atoms with Crippen molar-refractivity contribution in [2.45, 2.75) is 55.9 Å². The minimum atomic E-state index is 0.107. The Morgan fingerprint density at radius 2 is 1.93 bits per heavy atom. The number of hydrogen-bond acceptors (Lipinski definition) is 4. The number of benzene rings is 1. The molecule has 162 valence electrons. The smallest absolute Gasteiger partial charge is 0.228 e. The Hall–Kier alpha value is -1.53. The third kappa shape index (κ3) is 4.01. The van der Waals surface area contributed by atoms with E-state index in [1.165, 1.54) is 30.7 Å². The van der Waals surface area contributed by atoms with E-state index in [9.17, 15) is 9.59 Å². The van der Waals surface area contributed by atoms with E-state index < -0.39 is 0 Å². The fourth-order valence-corrected chi connectivity index (χ4v) is 6.48. The summed E-state index contributed by atoms with van der Waals surface area (Å²) in [5, 5.41) is 3.09. The SMILES string of the molecule is CSc1ccc(NC(=O)C2CC23CCN(C(=O)CCN2CC4CCC2C4)CC3)cc1. The van der Waals surface area contributed by atoms with Crippen LogP contribution in [0.1, 0.15) is 44.9 Å². The normalized spacial score (nSPS) is 29.4. The molecule has 2 saturated heterocycles. The number of carbonyl (C=O) groups is 2. The lowest BCUT2D eigenvalue weighted by Gasteiger charge is -2.34. The second-order valence-corrected chi connectivity index (χ2v) is 10.7. The lowest BCUT2D eigenvalue weighted by Crippen LogP contribution is -2.42. The number of hydrogen-bond donors (Lipinski definition) is 1. The molecule has 5 nitrogen and oxygen atoms in total. The highest BCUT2D eigenvalue weighted by atomic mass is 32.2. The molecule has 2 aliphatic carbocycles. The van der Waals surface area contributed by atoms with Gasteiger partial charge in [0.05, 0.1) is 0 Å². The maximum Gasteiger partial charge on any atom is 0.228 e. The Bertz CT molecular complexity index is 803. The van der Waals surface area contributed by atoms with Gasteiger partial charge in [0.2, 0.25) is 11.8 Å². The van der Waals surface area contributed by atoms with Crippen molar-refractivity contribution in [3.05, 3.63) is 24.3 Å². The number of likely N-dealkylation sites (tertiary alicyclic amines) is 2. The molecule has 2 amide bonds. The van der Waals surface area contributed by atoms with Crippen LogP contribution in [-0.2, 0) is 9.59 Å². The summed E-state index contributed by atoms with van der Waals surface area (Å²) < 4.78 is 0. The molecule has 4 fully saturated rings. The second kappa shape index (κ2) is 8.19. The summed E-state index contributed by atoms with van der Waals surface area (Å²) in [6.45, 7) is 3.77. The Morgan fingerprint density at radius 1 is 1.17 bits per heavy atom. The third-order valence-electron chi connectivity index (χ3n) is 8.11. The number of piperidine rings is 2. The number of thioether (sulfide) groups is 1. The molecule has 5 rings (SSSR count). The number of fused-ring (bicyclic) bond motifs is 2. The summed E-state index contributed by atoms with van der Waals surface area (Å²) in [4.78, 5) is 31.2. The van der Waals surface area contributed by atoms with Crippen LogP contribution in [0, 0.1) is 17.3 Å². The summed E-state index contributed by atoms with van der Waals surface area (Å²) in [6.07, 6.45) is 9.69. The van der Waals surface area contributed by atoms with Crippen molar-refractivity contribution in [2.75, 3.05) is 37.8 Å². The second-order valence-electron chi connectivity index (χ2n) is 9.80. The van der Waals surface area contributed by atoms with Crippen LogP contribution in [0.25, 0.3) is 0 Å². The maximum atomic E-state index is 12.7. The van der Waals surface area contributed by atoms with E-state index in [4.69, 9.17) is 0 Å². The first kappa shape index (κ1) is 20.4. The van der Waals surface area contributed by atoms with Gasteiger partial charge in [-0.3, -0.25) is 14.5 Å². The van der Waals surface area contributed by atoms with Gasteiger partial charge in [0, 0.05) is 55.1 Å². The fraction of sp³-hybridized carbons (Fsp3) is 0.667. The standard InChI is InChI=1S/C24H33N3O2S/c1-30-20-6-3-18(4-7-20)25-23(29)21-15-24(21)9-12-26(13-10-24)22(28)8-11-27-16-17-2-5-19(27)14-17/h3-4,6-7,17,19,21H,2,5,8-16H2,1H3,(H,25,29). The lowest BCUT2D eigenvalue weighted by molar-refractivity contribution is -0.133. The average Bonchev–Trinajstić information content (AvgIpc) is 3.10. The van der Waals surface area contributed by atoms with Crippen molar-refractivity contribution in [2.24, 2.45) is 17.3 Å². The Morgan fingerprint density at radius 3 is 2.57 bits per heavy atom. The van der Waals surface area contributed by atoms with Crippen LogP contribution in [0.15, 0.2) is 29.2 Å². The molecule has 0 aromatic heterocycles. The van der Waals surface area contributed by atoms with Gasteiger partial charge in [-0.15, -0.1) is 11.8 Å². The third-order valence-corrected chi connectivity index (χ3v) is 8.85. The topological polar surface area (TPSA) is 52.7 Å². The minimum Gasteiger partial charge on any atom is -0.343 e. The zero-order valence-electron chi connectivity index (χ0n) is 17.9. The molecule has 2 saturated carbocycles. The van der Waals surface area contributed by atoms with E-state index in [-0.39, 0.29) is 17.2 Å². The number of nitrogens with zero attached hydrogens (tertiary/aromatic N) is 2. The van der Waals surface area contributed by atoms with Crippen molar-refractivity contribution >= 4 is 29.3 Å². The predicted octanol–water partition coefficient (Wildman–Crippen LogP) is 3.85. The van der Waals surface area contributed by atoms with Crippen LogP contribution in [-0.4, -0.2) is 60.1 Å². The van der Waals surface area contributed by atoms with E-state index in [0.29, 0.717) is 12.3 Å². The van der Waals surface area contributed by atoms with Gasteiger partial charge in [0.25, 0.3) is 0 Å². The first-order valence-electron chi connectivity index (χ1n) is 11.5. The molecule has 4 aliphatic rings. The highest BCUT2D eigenvalue weighted by molar-refractivity contribution is 7.98. The first-order chi connectivity index (χ1) is 14.6. The molecule has 2 aliphatic heterocycles. The quantitative estimate of drug-likeness (QED) is 0.701. The van der Waals surface area contributed by atoms with E-state index >= 15 is 0 Å². The average molecular weight is 428 g/mol. The van der Waals surface area contributed by atoms with Gasteiger partial charge in [-0.1, -0.05) is 0 Å². The van der Waals surface area contributed by atoms with Gasteiger partial charge in [-0.05, 0) is 80.4 Å². The van der Waals surface area contributed by atoms with E-state index in [0.717, 1.165) is 56.5 Å². The van der Waals surface area contributed by atoms with Crippen LogP contribution in [0.5, 0.6) is 0 Å². The molecule has 1 N–H and O–H groups in total. The number of carbonyl (C=O) groups excluding carboxylic acids is 2. The molecular formula is C24H33N3O2S. The van der Waals surface area contributed by atoms with Gasteiger partial charge in [-0.2, -0.15) is 0 Å². The van der Waals surface area contributed by atoms with Gasteiger partial charge < -0.3 is 10.2 Å². The van der Waals surface area contributed by atoms with Crippen LogP contribution < -0.4 is 5.32 Å². The molecule has 2 heterocycles. The monoisotopic (exact) mass is 427 g/mol. The highest BCUT2D eigenvalue weighted by Crippen LogP contribution is 2.59. The molecule has 1 spiro atoms. The van der Waals surface area contributed by atoms with E-state index in [2.05, 4.69) is 16.5 Å². The van der Waals surface area contributed by atoms with Crippen molar-refractivity contribution in [1.82, 2.24) is 9.80 Å². The molecule has 2 bridgehead atoms. The van der Waals surface area contributed by atoms with E-state index in [1.807, 2.05) is 29.2 Å². The van der Waals surface area contributed by atoms with Gasteiger partial charge in [0.15, 0.2) is 0 Å². The number of anilines is 1. The number of nitrogens with one attached hydrogen (secondary N) is 1. The molecule has 30 heavy (non-hydrogen) atoms. The number of rotatable bonds is 6. The zero-order valence-corrected chi connectivity index (χ0v) is 18.8. The number of amides is 2. The lowest BCUT2D eigenvalue weighted by atomic mass is 9.90. The molecule has 1 aromatic rings. The van der Waals surface area contributed by atoms with Gasteiger partial charge in [0.1, 0.15) is 0 Å². The Kier molecular flexibility index (Phi) is 5.56. The summed E-state index contributed by atoms with van der Waals surface area (Å²) in [5.41, 5.74) is 1.01. The van der Waals surface area contributed by atoms with Crippen molar-refractivity contribution < 1.29 is 9.59 Å². The molecule has 1 aromatic carbocycles.